The van der Waals surface area contributed by atoms with Gasteiger partial charge in [0, 0.05) is 21.7 Å². The highest BCUT2D eigenvalue weighted by Gasteiger charge is 2.75. The Labute approximate surface area is 212 Å². The summed E-state index contributed by atoms with van der Waals surface area (Å²) in [6, 6.07) is 16.0. The molecule has 37 heavy (non-hydrogen) atoms. The number of carbonyl (C=O) groups excluding carboxylic acids is 4. The van der Waals surface area contributed by atoms with Crippen molar-refractivity contribution in [2.75, 3.05) is 4.90 Å². The molecule has 10 heteroatoms. The van der Waals surface area contributed by atoms with Crippen molar-refractivity contribution in [3.63, 3.8) is 0 Å². The van der Waals surface area contributed by atoms with E-state index in [0.29, 0.717) is 11.0 Å². The Bertz CT molecular complexity index is 1500. The number of alkyl halides is 3. The average molecular weight is 526 g/mol. The van der Waals surface area contributed by atoms with Crippen LogP contribution in [0.2, 0.25) is 5.02 Å². The van der Waals surface area contributed by atoms with Gasteiger partial charge < -0.3 is 4.74 Å². The topological polar surface area (TPSA) is 80.8 Å². The molecule has 2 saturated heterocycles. The third kappa shape index (κ3) is 3.10. The molecular weight excluding hydrogens is 511 g/mol. The fourth-order valence-corrected chi connectivity index (χ4v) is 5.82. The summed E-state index contributed by atoms with van der Waals surface area (Å²) in [4.78, 5) is 55.6. The molecule has 2 amide bonds. The number of hydrogen-bond acceptors (Lipinski definition) is 5. The third-order valence-corrected chi connectivity index (χ3v) is 7.51. The SMILES string of the molecule is O=C1[C@@H]2[C@@H](C(=O)N1c1cccc(C(F)(F)F)c1)C1(O[C@H]2c2ccccc2Cl)C(=O)c2ccccc2C1=O. The summed E-state index contributed by atoms with van der Waals surface area (Å²) in [6.45, 7) is 0. The molecule has 0 saturated carbocycles. The number of anilines is 1. The predicted molar refractivity (Wildman–Crippen MR) is 124 cm³/mol. The van der Waals surface area contributed by atoms with Crippen LogP contribution in [0.5, 0.6) is 0 Å². The van der Waals surface area contributed by atoms with Gasteiger partial charge in [0.05, 0.1) is 29.2 Å². The first-order chi connectivity index (χ1) is 17.6. The highest BCUT2D eigenvalue weighted by atomic mass is 35.5. The molecule has 0 unspecified atom stereocenters. The second-order valence-corrected chi connectivity index (χ2v) is 9.47. The normalized spacial score (nSPS) is 24.2. The van der Waals surface area contributed by atoms with Crippen molar-refractivity contribution in [3.05, 3.63) is 100 Å². The first-order valence-corrected chi connectivity index (χ1v) is 11.6. The van der Waals surface area contributed by atoms with Gasteiger partial charge in [-0.05, 0) is 24.3 Å². The molecule has 0 N–H and O–H groups in total. The van der Waals surface area contributed by atoms with Crippen LogP contribution in [0.4, 0.5) is 18.9 Å². The summed E-state index contributed by atoms with van der Waals surface area (Å²) < 4.78 is 46.3. The molecule has 2 aliphatic heterocycles. The summed E-state index contributed by atoms with van der Waals surface area (Å²) in [6.07, 6.45) is -5.99. The zero-order valence-corrected chi connectivity index (χ0v) is 19.4. The molecule has 3 aliphatic rings. The van der Waals surface area contributed by atoms with Gasteiger partial charge in [0.2, 0.25) is 29.0 Å². The lowest BCUT2D eigenvalue weighted by molar-refractivity contribution is -0.137. The molecular formula is C27H15ClF3NO5. The van der Waals surface area contributed by atoms with Crippen molar-refractivity contribution in [2.24, 2.45) is 11.8 Å². The van der Waals surface area contributed by atoms with Crippen LogP contribution in [-0.4, -0.2) is 29.0 Å². The van der Waals surface area contributed by atoms with Gasteiger partial charge in [-0.1, -0.05) is 60.1 Å². The lowest BCUT2D eigenvalue weighted by Crippen LogP contribution is -2.51. The Morgan fingerprint density at radius 2 is 1.43 bits per heavy atom. The predicted octanol–water partition coefficient (Wildman–Crippen LogP) is 5.05. The summed E-state index contributed by atoms with van der Waals surface area (Å²) >= 11 is 6.38. The Morgan fingerprint density at radius 1 is 0.811 bits per heavy atom. The maximum absolute atomic E-state index is 13.8. The quantitative estimate of drug-likeness (QED) is 0.345. The van der Waals surface area contributed by atoms with E-state index in [0.717, 1.165) is 12.1 Å². The minimum atomic E-state index is -4.72. The number of nitrogens with zero attached hydrogens (tertiary/aromatic N) is 1. The number of Topliss-reactive ketones (excluding diaryl/α,β-unsaturated/α-hetero) is 2. The number of ether oxygens (including phenoxy) is 1. The molecule has 6 rings (SSSR count). The second-order valence-electron chi connectivity index (χ2n) is 9.06. The monoisotopic (exact) mass is 525 g/mol. The number of halogens is 4. The Morgan fingerprint density at radius 3 is 2.05 bits per heavy atom. The number of amides is 2. The second kappa shape index (κ2) is 7.84. The first-order valence-electron chi connectivity index (χ1n) is 11.2. The minimum absolute atomic E-state index is 0.0452. The zero-order chi connectivity index (χ0) is 26.3. The number of carbonyl (C=O) groups is 4. The van der Waals surface area contributed by atoms with Crippen molar-refractivity contribution in [1.82, 2.24) is 0 Å². The smallest absolute Gasteiger partial charge is 0.349 e. The van der Waals surface area contributed by atoms with Gasteiger partial charge in [0.15, 0.2) is 0 Å². The fourth-order valence-electron chi connectivity index (χ4n) is 5.58. The van der Waals surface area contributed by atoms with Gasteiger partial charge in [-0.2, -0.15) is 13.2 Å². The summed E-state index contributed by atoms with van der Waals surface area (Å²) in [5, 5.41) is 0.177. The lowest BCUT2D eigenvalue weighted by atomic mass is 9.77. The van der Waals surface area contributed by atoms with Crippen LogP contribution in [0.3, 0.4) is 0 Å². The van der Waals surface area contributed by atoms with Crippen LogP contribution < -0.4 is 4.90 Å². The van der Waals surface area contributed by atoms with Crippen molar-refractivity contribution in [2.45, 2.75) is 17.9 Å². The number of hydrogen-bond donors (Lipinski definition) is 0. The number of fused-ring (bicyclic) bond motifs is 3. The van der Waals surface area contributed by atoms with Crippen LogP contribution in [0.25, 0.3) is 0 Å². The number of rotatable bonds is 2. The number of imide groups is 1. The standard InChI is InChI=1S/C27H15ClF3NO5/c28-18-11-4-3-10-17(18)21-19-20(26(37-21)22(33)15-8-1-2-9-16(15)23(26)34)25(36)32(24(19)35)14-7-5-6-13(12-14)27(29,30)31/h1-12,19-21H/t19-,20+,21+/m1/s1. The van der Waals surface area contributed by atoms with E-state index in [1.807, 2.05) is 0 Å². The van der Waals surface area contributed by atoms with Gasteiger partial charge in [-0.15, -0.1) is 0 Å². The van der Waals surface area contributed by atoms with Crippen LogP contribution >= 0.6 is 11.6 Å². The third-order valence-electron chi connectivity index (χ3n) is 7.16. The van der Waals surface area contributed by atoms with Gasteiger partial charge >= 0.3 is 6.18 Å². The van der Waals surface area contributed by atoms with E-state index >= 15 is 0 Å². The van der Waals surface area contributed by atoms with Crippen LogP contribution in [0, 0.1) is 11.8 Å². The number of benzene rings is 3. The van der Waals surface area contributed by atoms with Crippen molar-refractivity contribution in [1.29, 1.82) is 0 Å². The minimum Gasteiger partial charge on any atom is -0.349 e. The van der Waals surface area contributed by atoms with Gasteiger partial charge in [-0.3, -0.25) is 19.2 Å². The lowest BCUT2D eigenvalue weighted by Gasteiger charge is -2.27. The van der Waals surface area contributed by atoms with E-state index in [9.17, 15) is 32.3 Å². The van der Waals surface area contributed by atoms with Crippen molar-refractivity contribution >= 4 is 40.7 Å². The molecule has 3 atom stereocenters. The molecule has 1 spiro atoms. The van der Waals surface area contributed by atoms with E-state index < -0.39 is 58.7 Å². The highest BCUT2D eigenvalue weighted by Crippen LogP contribution is 2.58. The van der Waals surface area contributed by atoms with E-state index in [-0.39, 0.29) is 27.4 Å². The zero-order valence-electron chi connectivity index (χ0n) is 18.7. The summed E-state index contributed by atoms with van der Waals surface area (Å²) in [7, 11) is 0. The summed E-state index contributed by atoms with van der Waals surface area (Å²) in [5.74, 6) is -6.38. The van der Waals surface area contributed by atoms with Gasteiger partial charge in [0.25, 0.3) is 0 Å². The van der Waals surface area contributed by atoms with E-state index in [1.165, 1.54) is 24.3 Å². The van der Waals surface area contributed by atoms with Crippen LogP contribution in [0.15, 0.2) is 72.8 Å². The Balaban J connectivity index is 1.54. The van der Waals surface area contributed by atoms with Crippen molar-refractivity contribution < 1.29 is 37.1 Å². The van der Waals surface area contributed by atoms with Gasteiger partial charge in [0.1, 0.15) is 0 Å². The fraction of sp³-hybridized carbons (Fsp3) is 0.185. The number of ketones is 2. The van der Waals surface area contributed by atoms with Crippen LogP contribution in [-0.2, 0) is 20.5 Å². The summed E-state index contributed by atoms with van der Waals surface area (Å²) in [5.41, 5.74) is -3.35. The molecule has 0 radical (unpaired) electrons. The Hall–Kier alpha value is -3.82. The first kappa shape index (κ1) is 23.6. The molecule has 0 bridgehead atoms. The van der Waals surface area contributed by atoms with E-state index in [2.05, 4.69) is 0 Å². The molecule has 0 aromatic heterocycles. The van der Waals surface area contributed by atoms with E-state index in [4.69, 9.17) is 16.3 Å². The maximum atomic E-state index is 13.8. The molecule has 3 aromatic rings. The molecule has 2 heterocycles. The Kier molecular flexibility index (Phi) is 4.99. The molecule has 3 aromatic carbocycles. The average Bonchev–Trinajstić information content (AvgIpc) is 3.44. The molecule has 186 valence electrons. The van der Waals surface area contributed by atoms with E-state index in [1.54, 1.807) is 30.3 Å². The van der Waals surface area contributed by atoms with Crippen LogP contribution in [0.1, 0.15) is 37.9 Å². The molecule has 2 fully saturated rings. The van der Waals surface area contributed by atoms with Gasteiger partial charge in [-0.25, -0.2) is 4.90 Å². The molecule has 6 nitrogen and oxygen atoms in total. The molecule has 1 aliphatic carbocycles. The maximum Gasteiger partial charge on any atom is 0.416 e. The highest BCUT2D eigenvalue weighted by molar-refractivity contribution is 6.37. The largest absolute Gasteiger partial charge is 0.416 e. The van der Waals surface area contributed by atoms with Crippen molar-refractivity contribution in [3.8, 4) is 0 Å².